The van der Waals surface area contributed by atoms with Crippen LogP contribution in [0.2, 0.25) is 0 Å². The monoisotopic (exact) mass is 200 g/mol. The maximum Gasteiger partial charge on any atom is 0.0643 e. The van der Waals surface area contributed by atoms with Crippen LogP contribution >= 0.6 is 11.8 Å². The highest BCUT2D eigenvalue weighted by Crippen LogP contribution is 2.29. The van der Waals surface area contributed by atoms with Crippen LogP contribution in [0.3, 0.4) is 0 Å². The topological polar surface area (TPSA) is 15.3 Å². The Balaban J connectivity index is 2.00. The van der Waals surface area contributed by atoms with Crippen LogP contribution in [0.1, 0.15) is 19.8 Å². The third-order valence-electron chi connectivity index (χ3n) is 2.04. The fraction of sp³-hybridized carbons (Fsp3) is 0.800. The lowest BCUT2D eigenvalue weighted by atomic mass is 10.3. The van der Waals surface area contributed by atoms with Crippen molar-refractivity contribution in [2.45, 2.75) is 25.0 Å². The third-order valence-corrected chi connectivity index (χ3v) is 3.20. The van der Waals surface area contributed by atoms with Crippen molar-refractivity contribution in [2.75, 3.05) is 27.2 Å². The van der Waals surface area contributed by atoms with E-state index in [2.05, 4.69) is 37.3 Å². The molecule has 13 heavy (non-hydrogen) atoms. The average Bonchev–Trinajstić information content (AvgIpc) is 2.45. The first-order valence-electron chi connectivity index (χ1n) is 4.94. The molecule has 0 radical (unpaired) electrons. The molecule has 1 N–H and O–H groups in total. The summed E-state index contributed by atoms with van der Waals surface area (Å²) in [4.78, 5) is 2.22. The molecule has 0 aromatic carbocycles. The van der Waals surface area contributed by atoms with Gasteiger partial charge in [-0.3, -0.25) is 0 Å². The number of hydrogen-bond donors (Lipinski definition) is 1. The second-order valence-electron chi connectivity index (χ2n) is 3.82. The van der Waals surface area contributed by atoms with Gasteiger partial charge in [-0.05, 0) is 33.5 Å². The molecular formula is C10H20N2S. The van der Waals surface area contributed by atoms with Gasteiger partial charge in [0.25, 0.3) is 0 Å². The highest BCUT2D eigenvalue weighted by atomic mass is 32.2. The molecule has 0 saturated carbocycles. The molecule has 1 aliphatic heterocycles. The van der Waals surface area contributed by atoms with E-state index in [4.69, 9.17) is 0 Å². The summed E-state index contributed by atoms with van der Waals surface area (Å²) in [6.07, 6.45) is 4.75. The lowest BCUT2D eigenvalue weighted by Crippen LogP contribution is -2.19. The number of allylic oxidation sites excluding steroid dienone is 1. The zero-order valence-corrected chi connectivity index (χ0v) is 9.66. The Bertz CT molecular complexity index is 178. The molecule has 76 valence electrons. The molecule has 2 nitrogen and oxygen atoms in total. The molecule has 0 aromatic rings. The van der Waals surface area contributed by atoms with E-state index in [-0.39, 0.29) is 0 Å². The highest BCUT2D eigenvalue weighted by Gasteiger charge is 2.11. The van der Waals surface area contributed by atoms with Crippen molar-refractivity contribution in [1.82, 2.24) is 10.2 Å². The second kappa shape index (κ2) is 5.55. The first kappa shape index (κ1) is 10.9. The van der Waals surface area contributed by atoms with Gasteiger partial charge in [-0.1, -0.05) is 13.0 Å². The van der Waals surface area contributed by atoms with Crippen molar-refractivity contribution in [3.05, 3.63) is 11.1 Å². The number of nitrogens with one attached hydrogen (secondary N) is 1. The maximum atomic E-state index is 3.46. The van der Waals surface area contributed by atoms with Crippen LogP contribution in [0.5, 0.6) is 0 Å². The van der Waals surface area contributed by atoms with Crippen molar-refractivity contribution < 1.29 is 0 Å². The molecule has 0 spiro atoms. The second-order valence-corrected chi connectivity index (χ2v) is 5.30. The van der Waals surface area contributed by atoms with E-state index in [9.17, 15) is 0 Å². The van der Waals surface area contributed by atoms with E-state index in [1.165, 1.54) is 24.4 Å². The molecule has 1 aliphatic rings. The Morgan fingerprint density at radius 1 is 1.62 bits per heavy atom. The number of hydrogen-bond acceptors (Lipinski definition) is 3. The van der Waals surface area contributed by atoms with Gasteiger partial charge >= 0.3 is 0 Å². The first-order valence-corrected chi connectivity index (χ1v) is 5.82. The van der Waals surface area contributed by atoms with Crippen molar-refractivity contribution in [1.29, 1.82) is 0 Å². The summed E-state index contributed by atoms with van der Waals surface area (Å²) >= 11 is 1.96. The van der Waals surface area contributed by atoms with Gasteiger partial charge in [0.1, 0.15) is 0 Å². The summed E-state index contributed by atoms with van der Waals surface area (Å²) in [6, 6.07) is 0. The standard InChI is InChI=1S/C10H20N2S/c1-9-5-6-10(13-9)11-7-4-8-12(2)3/h6,9,11H,4-5,7-8H2,1-3H3. The zero-order valence-electron chi connectivity index (χ0n) is 8.84. The van der Waals surface area contributed by atoms with Crippen molar-refractivity contribution >= 4 is 11.8 Å². The third kappa shape index (κ3) is 4.58. The minimum Gasteiger partial charge on any atom is -0.380 e. The van der Waals surface area contributed by atoms with Gasteiger partial charge in [0, 0.05) is 11.8 Å². The number of rotatable bonds is 5. The molecule has 0 aromatic heterocycles. The fourth-order valence-electron chi connectivity index (χ4n) is 1.31. The minimum absolute atomic E-state index is 0.774. The minimum atomic E-state index is 0.774. The summed E-state index contributed by atoms with van der Waals surface area (Å²) in [5.74, 6) is 0. The maximum absolute atomic E-state index is 3.46. The molecule has 1 heterocycles. The summed E-state index contributed by atoms with van der Waals surface area (Å²) in [6.45, 7) is 4.54. The Hall–Kier alpha value is -0.150. The Kier molecular flexibility index (Phi) is 4.67. The lowest BCUT2D eigenvalue weighted by molar-refractivity contribution is 0.398. The normalized spacial score (nSPS) is 22.2. The number of nitrogens with zero attached hydrogens (tertiary/aromatic N) is 1. The van der Waals surface area contributed by atoms with E-state index >= 15 is 0 Å². The molecule has 0 bridgehead atoms. The zero-order chi connectivity index (χ0) is 9.68. The van der Waals surface area contributed by atoms with E-state index < -0.39 is 0 Å². The van der Waals surface area contributed by atoms with Crippen molar-refractivity contribution in [3.63, 3.8) is 0 Å². The van der Waals surface area contributed by atoms with Gasteiger partial charge in [0.15, 0.2) is 0 Å². The molecule has 1 unspecified atom stereocenters. The fourth-order valence-corrected chi connectivity index (χ4v) is 2.31. The van der Waals surface area contributed by atoms with Crippen LogP contribution < -0.4 is 5.32 Å². The Labute approximate surface area is 85.8 Å². The summed E-state index contributed by atoms with van der Waals surface area (Å²) in [5, 5.41) is 5.62. The van der Waals surface area contributed by atoms with Crippen molar-refractivity contribution in [3.8, 4) is 0 Å². The highest BCUT2D eigenvalue weighted by molar-refractivity contribution is 8.03. The van der Waals surface area contributed by atoms with E-state index in [1.807, 2.05) is 11.8 Å². The molecule has 0 aliphatic carbocycles. The predicted molar refractivity (Wildman–Crippen MR) is 60.9 cm³/mol. The Morgan fingerprint density at radius 2 is 2.38 bits per heavy atom. The van der Waals surface area contributed by atoms with Gasteiger partial charge in [0.05, 0.1) is 5.03 Å². The van der Waals surface area contributed by atoms with Gasteiger partial charge < -0.3 is 10.2 Å². The molecule has 3 heteroatoms. The van der Waals surface area contributed by atoms with E-state index in [1.54, 1.807) is 0 Å². The first-order chi connectivity index (χ1) is 6.18. The van der Waals surface area contributed by atoms with Gasteiger partial charge in [-0.15, -0.1) is 11.8 Å². The van der Waals surface area contributed by atoms with Gasteiger partial charge in [-0.2, -0.15) is 0 Å². The van der Waals surface area contributed by atoms with Crippen LogP contribution in [0.4, 0.5) is 0 Å². The molecule has 1 rings (SSSR count). The van der Waals surface area contributed by atoms with E-state index in [0.29, 0.717) is 0 Å². The molecular weight excluding hydrogens is 180 g/mol. The van der Waals surface area contributed by atoms with Crippen LogP contribution in [0.15, 0.2) is 11.1 Å². The van der Waals surface area contributed by atoms with Crippen LogP contribution in [-0.4, -0.2) is 37.3 Å². The van der Waals surface area contributed by atoms with Gasteiger partial charge in [0.2, 0.25) is 0 Å². The van der Waals surface area contributed by atoms with Crippen molar-refractivity contribution in [2.24, 2.45) is 0 Å². The van der Waals surface area contributed by atoms with E-state index in [0.717, 1.165) is 11.8 Å². The summed E-state index contributed by atoms with van der Waals surface area (Å²) in [7, 11) is 4.23. The molecule has 1 atom stereocenters. The van der Waals surface area contributed by atoms with Gasteiger partial charge in [-0.25, -0.2) is 0 Å². The summed E-state index contributed by atoms with van der Waals surface area (Å²) < 4.78 is 0. The average molecular weight is 200 g/mol. The largest absolute Gasteiger partial charge is 0.380 e. The SMILES string of the molecule is CC1CC=C(NCCCN(C)C)S1. The lowest BCUT2D eigenvalue weighted by Gasteiger charge is -2.11. The summed E-state index contributed by atoms with van der Waals surface area (Å²) in [5.41, 5.74) is 0. The number of thioether (sulfide) groups is 1. The van der Waals surface area contributed by atoms with Crippen LogP contribution in [-0.2, 0) is 0 Å². The van der Waals surface area contributed by atoms with Crippen LogP contribution in [0.25, 0.3) is 0 Å². The molecule has 0 saturated heterocycles. The smallest absolute Gasteiger partial charge is 0.0643 e. The van der Waals surface area contributed by atoms with Crippen LogP contribution in [0, 0.1) is 0 Å². The Morgan fingerprint density at radius 3 is 2.92 bits per heavy atom. The molecule has 0 amide bonds. The predicted octanol–water partition coefficient (Wildman–Crippen LogP) is 1.89. The molecule has 0 fully saturated rings. The quantitative estimate of drug-likeness (QED) is 0.682.